The van der Waals surface area contributed by atoms with Crippen molar-refractivity contribution in [2.45, 2.75) is 11.9 Å². The number of hydrogen-bond donors (Lipinski definition) is 3. The maximum Gasteiger partial charge on any atom is 0.192 e. The minimum Gasteiger partial charge on any atom is -0.455 e. The van der Waals surface area contributed by atoms with E-state index in [4.69, 9.17) is 9.84 Å². The summed E-state index contributed by atoms with van der Waals surface area (Å²) < 4.78 is 28.9. The van der Waals surface area contributed by atoms with E-state index < -0.39 is 9.84 Å². The molecule has 0 radical (unpaired) electrons. The molecule has 0 saturated carbocycles. The van der Waals surface area contributed by atoms with Crippen LogP contribution in [0.1, 0.15) is 11.3 Å². The highest BCUT2D eigenvalue weighted by atomic mass is 32.2. The Bertz CT molecular complexity index is 1400. The molecule has 0 saturated heterocycles. The highest BCUT2D eigenvalue weighted by Crippen LogP contribution is 2.30. The molecule has 3 N–H and O–H groups in total. The van der Waals surface area contributed by atoms with E-state index in [9.17, 15) is 8.42 Å². The molecule has 0 aliphatic heterocycles. The minimum atomic E-state index is -3.36. The summed E-state index contributed by atoms with van der Waals surface area (Å²) in [4.78, 5) is 15.8. The van der Waals surface area contributed by atoms with Crippen LogP contribution in [0.15, 0.2) is 60.0 Å². The number of aryl methyl sites for hydroxylation is 1. The van der Waals surface area contributed by atoms with Crippen molar-refractivity contribution in [3.8, 4) is 11.5 Å². The van der Waals surface area contributed by atoms with Crippen molar-refractivity contribution >= 4 is 38.5 Å². The lowest BCUT2D eigenvalue weighted by Gasteiger charge is -2.12. The summed E-state index contributed by atoms with van der Waals surface area (Å²) in [6.45, 7) is 1.86. The van der Waals surface area contributed by atoms with Crippen LogP contribution in [0, 0.1) is 6.92 Å². The van der Waals surface area contributed by atoms with Crippen molar-refractivity contribution < 1.29 is 18.3 Å². The average molecular weight is 452 g/mol. The number of fused-ring (bicyclic) bond motifs is 1. The molecule has 0 spiro atoms. The average Bonchev–Trinajstić information content (AvgIpc) is 3.18. The number of aliphatic hydroxyl groups excluding tert-OH is 1. The highest BCUT2D eigenvalue weighted by Gasteiger charge is 2.11. The van der Waals surface area contributed by atoms with Crippen LogP contribution >= 0.6 is 0 Å². The van der Waals surface area contributed by atoms with Crippen LogP contribution in [0.25, 0.3) is 17.1 Å². The first-order valence-electron chi connectivity index (χ1n) is 9.66. The number of nitrogens with one attached hydrogen (secondary N) is 2. The fourth-order valence-electron chi connectivity index (χ4n) is 3.08. The lowest BCUT2D eigenvalue weighted by molar-refractivity contribution is 0.343. The van der Waals surface area contributed by atoms with E-state index in [1.165, 1.54) is 18.6 Å². The second kappa shape index (κ2) is 8.77. The molecular formula is C22H21N5O4S. The Hall–Kier alpha value is -3.76. The molecular weight excluding hydrogens is 430 g/mol. The number of aliphatic hydroxyl groups is 1. The summed E-state index contributed by atoms with van der Waals surface area (Å²) in [7, 11) is -3.36. The van der Waals surface area contributed by atoms with Gasteiger partial charge in [0.2, 0.25) is 0 Å². The van der Waals surface area contributed by atoms with E-state index in [2.05, 4.69) is 25.3 Å². The number of pyridine rings is 1. The number of sulfone groups is 1. The Morgan fingerprint density at radius 3 is 2.69 bits per heavy atom. The number of aromatic amines is 1. The van der Waals surface area contributed by atoms with Gasteiger partial charge in [-0.1, -0.05) is 6.08 Å². The van der Waals surface area contributed by atoms with Gasteiger partial charge in [-0.05, 0) is 55.0 Å². The van der Waals surface area contributed by atoms with Gasteiger partial charge in [0.25, 0.3) is 0 Å². The van der Waals surface area contributed by atoms with Gasteiger partial charge in [0.1, 0.15) is 23.3 Å². The lowest BCUT2D eigenvalue weighted by atomic mass is 10.2. The van der Waals surface area contributed by atoms with Crippen LogP contribution in [0.5, 0.6) is 11.5 Å². The van der Waals surface area contributed by atoms with Crippen LogP contribution in [-0.4, -0.2) is 46.3 Å². The molecule has 0 atom stereocenters. The first-order chi connectivity index (χ1) is 15.3. The molecule has 32 heavy (non-hydrogen) atoms. The van der Waals surface area contributed by atoms with E-state index in [0.717, 1.165) is 34.2 Å². The van der Waals surface area contributed by atoms with Crippen LogP contribution in [-0.2, 0) is 9.84 Å². The van der Waals surface area contributed by atoms with E-state index in [1.54, 1.807) is 18.2 Å². The Morgan fingerprint density at radius 1 is 1.16 bits per heavy atom. The topological polar surface area (TPSA) is 130 Å². The molecule has 9 nitrogen and oxygen atoms in total. The van der Waals surface area contributed by atoms with E-state index >= 15 is 0 Å². The summed E-state index contributed by atoms with van der Waals surface area (Å²) in [5.74, 6) is 1.68. The Labute approximate surface area is 184 Å². The fraction of sp³-hybridized carbons (Fsp3) is 0.136. The Kier molecular flexibility index (Phi) is 5.89. The standard InChI is InChI=1S/C22H21N5O4S/c1-14-10-16(5-7-19(14)31-17-6-8-20(23-12-17)32(2,29)30)27-22-21-18(24-13-25-22)11-15(26-21)4-3-9-28/h3-8,10-13,26,28H,9H2,1-2H3,(H,24,25,27). The van der Waals surface area contributed by atoms with Gasteiger partial charge in [-0.15, -0.1) is 0 Å². The van der Waals surface area contributed by atoms with Crippen LogP contribution in [0.3, 0.4) is 0 Å². The molecule has 164 valence electrons. The maximum absolute atomic E-state index is 11.5. The fourth-order valence-corrected chi connectivity index (χ4v) is 3.64. The molecule has 0 fully saturated rings. The molecule has 0 unspecified atom stereocenters. The van der Waals surface area contributed by atoms with Crippen molar-refractivity contribution in [3.63, 3.8) is 0 Å². The van der Waals surface area contributed by atoms with Gasteiger partial charge < -0.3 is 20.1 Å². The maximum atomic E-state index is 11.5. The lowest BCUT2D eigenvalue weighted by Crippen LogP contribution is -2.00. The molecule has 0 bridgehead atoms. The van der Waals surface area contributed by atoms with Gasteiger partial charge in [0, 0.05) is 17.6 Å². The van der Waals surface area contributed by atoms with Gasteiger partial charge in [-0.2, -0.15) is 0 Å². The predicted octanol–water partition coefficient (Wildman–Crippen LogP) is 3.61. The molecule has 1 aromatic carbocycles. The van der Waals surface area contributed by atoms with Crippen LogP contribution in [0.2, 0.25) is 0 Å². The number of rotatable bonds is 7. The molecule has 0 amide bonds. The summed E-state index contributed by atoms with van der Waals surface area (Å²) in [5.41, 5.74) is 3.99. The Morgan fingerprint density at radius 2 is 2.00 bits per heavy atom. The monoisotopic (exact) mass is 451 g/mol. The van der Waals surface area contributed by atoms with E-state index in [1.807, 2.05) is 31.2 Å². The normalized spacial score (nSPS) is 11.8. The quantitative estimate of drug-likeness (QED) is 0.388. The summed E-state index contributed by atoms with van der Waals surface area (Å²) in [5, 5.41) is 12.2. The van der Waals surface area contributed by atoms with Gasteiger partial charge in [0.15, 0.2) is 20.7 Å². The number of anilines is 2. The Balaban J connectivity index is 1.54. The third-order valence-corrected chi connectivity index (χ3v) is 5.60. The molecule has 4 rings (SSSR count). The first kappa shape index (κ1) is 21.5. The zero-order valence-electron chi connectivity index (χ0n) is 17.4. The SMILES string of the molecule is Cc1cc(Nc2ncnc3cc(C=CCO)[nH]c23)ccc1Oc1ccc(S(C)(=O)=O)nc1. The van der Waals surface area contributed by atoms with Crippen LogP contribution < -0.4 is 10.1 Å². The molecule has 0 aliphatic rings. The third-order valence-electron chi connectivity index (χ3n) is 4.60. The number of benzene rings is 1. The molecule has 3 aromatic heterocycles. The molecule has 10 heteroatoms. The van der Waals surface area contributed by atoms with Crippen molar-refractivity contribution in [2.75, 3.05) is 18.2 Å². The zero-order valence-corrected chi connectivity index (χ0v) is 18.2. The second-order valence-corrected chi connectivity index (χ2v) is 9.07. The second-order valence-electron chi connectivity index (χ2n) is 7.10. The van der Waals surface area contributed by atoms with Crippen molar-refractivity contribution in [3.05, 3.63) is 66.3 Å². The number of H-pyrrole nitrogens is 1. The number of nitrogens with zero attached hydrogens (tertiary/aromatic N) is 3. The number of hydrogen-bond acceptors (Lipinski definition) is 8. The molecule has 4 aromatic rings. The largest absolute Gasteiger partial charge is 0.455 e. The van der Waals surface area contributed by atoms with E-state index in [0.29, 0.717) is 17.3 Å². The predicted molar refractivity (Wildman–Crippen MR) is 122 cm³/mol. The number of aromatic nitrogens is 4. The molecule has 3 heterocycles. The van der Waals surface area contributed by atoms with Gasteiger partial charge in [-0.3, -0.25) is 0 Å². The van der Waals surface area contributed by atoms with Gasteiger partial charge in [-0.25, -0.2) is 23.4 Å². The minimum absolute atomic E-state index is 0.00314. The van der Waals surface area contributed by atoms with E-state index in [-0.39, 0.29) is 11.6 Å². The number of ether oxygens (including phenoxy) is 1. The van der Waals surface area contributed by atoms with Crippen molar-refractivity contribution in [2.24, 2.45) is 0 Å². The van der Waals surface area contributed by atoms with Gasteiger partial charge in [0.05, 0.1) is 18.3 Å². The zero-order chi connectivity index (χ0) is 22.7. The first-order valence-corrected chi connectivity index (χ1v) is 11.6. The van der Waals surface area contributed by atoms with Crippen molar-refractivity contribution in [1.82, 2.24) is 19.9 Å². The van der Waals surface area contributed by atoms with Gasteiger partial charge >= 0.3 is 0 Å². The third kappa shape index (κ3) is 4.76. The molecule has 0 aliphatic carbocycles. The summed E-state index contributed by atoms with van der Waals surface area (Å²) in [6.07, 6.45) is 7.39. The summed E-state index contributed by atoms with van der Waals surface area (Å²) in [6, 6.07) is 10.4. The highest BCUT2D eigenvalue weighted by molar-refractivity contribution is 7.90. The smallest absolute Gasteiger partial charge is 0.192 e. The van der Waals surface area contributed by atoms with Crippen molar-refractivity contribution in [1.29, 1.82) is 0 Å². The van der Waals surface area contributed by atoms with Crippen LogP contribution in [0.4, 0.5) is 11.5 Å². The summed E-state index contributed by atoms with van der Waals surface area (Å²) >= 11 is 0.